The van der Waals surface area contributed by atoms with Crippen LogP contribution in [-0.4, -0.2) is 23.0 Å². The molecule has 0 radical (unpaired) electrons. The predicted molar refractivity (Wildman–Crippen MR) is 83.8 cm³/mol. The number of hydrazone groups is 1. The summed E-state index contributed by atoms with van der Waals surface area (Å²) in [6.45, 7) is -0.0151. The number of amides is 1. The van der Waals surface area contributed by atoms with Crippen molar-refractivity contribution in [2.45, 2.75) is 12.7 Å². The monoisotopic (exact) mass is 350 g/mol. The zero-order chi connectivity index (χ0) is 18.0. The van der Waals surface area contributed by atoms with Crippen molar-refractivity contribution in [3.8, 4) is 5.75 Å². The van der Waals surface area contributed by atoms with E-state index in [4.69, 9.17) is 10.5 Å². The topological polar surface area (TPSA) is 67.4 Å². The smallest absolute Gasteiger partial charge is 0.416 e. The Kier molecular flexibility index (Phi) is 4.35. The standard InChI is InChI=1S/C17H14F3N3O2/c18-17(19,20)12-5-3-6-13(8-12)25-10-15(24)22-23-9-11-4-1-2-7-14(11)16(23)21/h1-8,21H,9-10H2,(H,22,24)/p+1. The molecule has 0 saturated carbocycles. The number of hydrogen-bond acceptors (Lipinski definition) is 3. The molecule has 2 aromatic carbocycles. The highest BCUT2D eigenvalue weighted by molar-refractivity contribution is 5.96. The van der Waals surface area contributed by atoms with E-state index in [-0.39, 0.29) is 5.75 Å². The van der Waals surface area contributed by atoms with Crippen LogP contribution in [0, 0.1) is 0 Å². The predicted octanol–water partition coefficient (Wildman–Crippen LogP) is 2.05. The maximum absolute atomic E-state index is 12.7. The van der Waals surface area contributed by atoms with E-state index in [1.807, 2.05) is 24.3 Å². The molecular weight excluding hydrogens is 335 g/mol. The summed E-state index contributed by atoms with van der Waals surface area (Å²) in [4.78, 5) is 12.0. The van der Waals surface area contributed by atoms with Gasteiger partial charge in [0.2, 0.25) is 0 Å². The molecule has 0 unspecified atom stereocenters. The molecule has 3 N–H and O–H groups in total. The highest BCUT2D eigenvalue weighted by atomic mass is 19.4. The molecule has 2 aromatic rings. The first-order valence-electron chi connectivity index (χ1n) is 7.42. The Hall–Kier alpha value is -3.03. The van der Waals surface area contributed by atoms with Gasteiger partial charge in [-0.25, -0.2) is 0 Å². The Balaban J connectivity index is 1.61. The SMILES string of the molecule is NC1=[N+](NC(=O)COc2cccc(C(F)(F)F)c2)Cc2ccccc21. The molecule has 0 fully saturated rings. The quantitative estimate of drug-likeness (QED) is 0.830. The second-order valence-electron chi connectivity index (χ2n) is 5.48. The van der Waals surface area contributed by atoms with Gasteiger partial charge in [0.25, 0.3) is 11.7 Å². The largest absolute Gasteiger partial charge is 0.484 e. The number of amidine groups is 1. The van der Waals surface area contributed by atoms with Crippen molar-refractivity contribution in [2.24, 2.45) is 5.73 Å². The van der Waals surface area contributed by atoms with Crippen LogP contribution < -0.4 is 15.9 Å². The van der Waals surface area contributed by atoms with Gasteiger partial charge in [-0.2, -0.15) is 23.3 Å². The molecule has 0 atom stereocenters. The lowest BCUT2D eigenvalue weighted by Gasteiger charge is -2.10. The first-order chi connectivity index (χ1) is 11.8. The number of carbonyl (C=O) groups is 1. The number of nitrogens with two attached hydrogens (primary N) is 1. The normalized spacial score (nSPS) is 13.6. The third-order valence-corrected chi connectivity index (χ3v) is 3.70. The van der Waals surface area contributed by atoms with Gasteiger partial charge in [-0.05, 0) is 24.3 Å². The fraction of sp³-hybridized carbons (Fsp3) is 0.176. The highest BCUT2D eigenvalue weighted by Crippen LogP contribution is 2.31. The van der Waals surface area contributed by atoms with Crippen molar-refractivity contribution in [3.05, 3.63) is 65.2 Å². The zero-order valence-electron chi connectivity index (χ0n) is 13.0. The molecular formula is C17H15F3N3O2+. The van der Waals surface area contributed by atoms with Crippen molar-refractivity contribution in [1.82, 2.24) is 5.43 Å². The molecule has 1 heterocycles. The van der Waals surface area contributed by atoms with Crippen LogP contribution in [0.1, 0.15) is 16.7 Å². The Labute approximate surface area is 141 Å². The number of nitrogens with zero attached hydrogens (tertiary/aromatic N) is 1. The zero-order valence-corrected chi connectivity index (χ0v) is 13.0. The van der Waals surface area contributed by atoms with Crippen LogP contribution >= 0.6 is 0 Å². The second-order valence-corrected chi connectivity index (χ2v) is 5.48. The van der Waals surface area contributed by atoms with Gasteiger partial charge < -0.3 is 4.74 Å². The molecule has 5 nitrogen and oxygen atoms in total. The van der Waals surface area contributed by atoms with E-state index in [1.54, 1.807) is 0 Å². The number of nitrogens with one attached hydrogen (secondary N) is 1. The molecule has 1 aliphatic heterocycles. The summed E-state index contributed by atoms with van der Waals surface area (Å²) in [6, 6.07) is 11.8. The molecule has 1 amide bonds. The molecule has 0 aliphatic carbocycles. The van der Waals surface area contributed by atoms with Gasteiger partial charge in [-0.15, -0.1) is 0 Å². The van der Waals surface area contributed by atoms with Gasteiger partial charge in [0, 0.05) is 5.56 Å². The van der Waals surface area contributed by atoms with Gasteiger partial charge in [-0.1, -0.05) is 24.3 Å². The maximum Gasteiger partial charge on any atom is 0.416 e. The molecule has 0 spiro atoms. The molecule has 25 heavy (non-hydrogen) atoms. The van der Waals surface area contributed by atoms with E-state index in [0.717, 1.165) is 23.3 Å². The summed E-state index contributed by atoms with van der Waals surface area (Å²) >= 11 is 0. The Morgan fingerprint density at radius 2 is 1.96 bits per heavy atom. The fourth-order valence-electron chi connectivity index (χ4n) is 2.50. The van der Waals surface area contributed by atoms with Crippen molar-refractivity contribution in [2.75, 3.05) is 6.61 Å². The summed E-state index contributed by atoms with van der Waals surface area (Å²) in [5.41, 5.74) is 9.52. The van der Waals surface area contributed by atoms with Crippen LogP contribution in [-0.2, 0) is 17.5 Å². The third-order valence-electron chi connectivity index (χ3n) is 3.70. The Morgan fingerprint density at radius 1 is 1.20 bits per heavy atom. The number of alkyl halides is 3. The second kappa shape index (κ2) is 6.46. The Morgan fingerprint density at radius 3 is 2.68 bits per heavy atom. The minimum Gasteiger partial charge on any atom is -0.484 e. The van der Waals surface area contributed by atoms with Gasteiger partial charge in [-0.3, -0.25) is 10.5 Å². The number of fused-ring (bicyclic) bond motifs is 1. The van der Waals surface area contributed by atoms with E-state index in [2.05, 4.69) is 5.43 Å². The van der Waals surface area contributed by atoms with E-state index in [0.29, 0.717) is 12.4 Å². The number of carbonyl (C=O) groups excluding carboxylic acids is 1. The van der Waals surface area contributed by atoms with E-state index in [9.17, 15) is 18.0 Å². The minimum absolute atomic E-state index is 0.0355. The van der Waals surface area contributed by atoms with E-state index < -0.39 is 24.3 Å². The third kappa shape index (κ3) is 3.73. The van der Waals surface area contributed by atoms with E-state index in [1.165, 1.54) is 16.8 Å². The van der Waals surface area contributed by atoms with Gasteiger partial charge in [0.15, 0.2) is 6.61 Å². The lowest BCUT2D eigenvalue weighted by molar-refractivity contribution is -0.586. The highest BCUT2D eigenvalue weighted by Gasteiger charge is 2.30. The summed E-state index contributed by atoms with van der Waals surface area (Å²) in [5.74, 6) is -0.150. The van der Waals surface area contributed by atoms with Gasteiger partial charge in [0.05, 0.1) is 11.1 Å². The van der Waals surface area contributed by atoms with Crippen LogP contribution in [0.3, 0.4) is 0 Å². The summed E-state index contributed by atoms with van der Waals surface area (Å²) in [5, 5.41) is 0. The molecule has 3 rings (SSSR count). The first kappa shape index (κ1) is 16.8. The lowest BCUT2D eigenvalue weighted by atomic mass is 10.1. The van der Waals surface area contributed by atoms with Gasteiger partial charge in [0.1, 0.15) is 12.3 Å². The number of halogens is 3. The van der Waals surface area contributed by atoms with Crippen LogP contribution in [0.5, 0.6) is 5.75 Å². The van der Waals surface area contributed by atoms with Crippen molar-refractivity contribution < 1.29 is 27.4 Å². The molecule has 8 heteroatoms. The van der Waals surface area contributed by atoms with Crippen LogP contribution in [0.4, 0.5) is 13.2 Å². The molecule has 0 aromatic heterocycles. The summed E-state index contributed by atoms with van der Waals surface area (Å²) in [7, 11) is 0. The van der Waals surface area contributed by atoms with Crippen molar-refractivity contribution in [3.63, 3.8) is 0 Å². The first-order valence-corrected chi connectivity index (χ1v) is 7.42. The van der Waals surface area contributed by atoms with Crippen LogP contribution in [0.15, 0.2) is 48.5 Å². The number of hydrazine groups is 1. The average molecular weight is 350 g/mol. The number of hydrogen-bond donors (Lipinski definition) is 2. The van der Waals surface area contributed by atoms with Gasteiger partial charge >= 0.3 is 6.18 Å². The van der Waals surface area contributed by atoms with Crippen LogP contribution in [0.25, 0.3) is 0 Å². The minimum atomic E-state index is -4.47. The molecule has 130 valence electrons. The summed E-state index contributed by atoms with van der Waals surface area (Å²) in [6.07, 6.45) is -4.47. The molecule has 0 bridgehead atoms. The number of benzene rings is 2. The lowest BCUT2D eigenvalue weighted by Crippen LogP contribution is -2.40. The molecule has 1 aliphatic rings. The summed E-state index contributed by atoms with van der Waals surface area (Å²) < 4.78 is 44.6. The van der Waals surface area contributed by atoms with Crippen molar-refractivity contribution in [1.29, 1.82) is 0 Å². The van der Waals surface area contributed by atoms with Crippen molar-refractivity contribution >= 4 is 11.7 Å². The number of rotatable bonds is 4. The van der Waals surface area contributed by atoms with Crippen LogP contribution in [0.2, 0.25) is 0 Å². The maximum atomic E-state index is 12.7. The number of ether oxygens (including phenoxy) is 1. The molecule has 0 saturated heterocycles. The average Bonchev–Trinajstić information content (AvgIpc) is 2.89. The Bertz CT molecular complexity index is 847. The fourth-order valence-corrected chi connectivity index (χ4v) is 2.50. The van der Waals surface area contributed by atoms with E-state index >= 15 is 0 Å².